The summed E-state index contributed by atoms with van der Waals surface area (Å²) < 4.78 is 13.1. The second-order valence-corrected chi connectivity index (χ2v) is 19.1. The molecule has 0 spiro atoms. The zero-order valence-corrected chi connectivity index (χ0v) is 38.0. The van der Waals surface area contributed by atoms with Crippen LogP contribution in [0.4, 0.5) is 0 Å². The Bertz CT molecular complexity index is 1860. The molecule has 3 aliphatic carbocycles. The zero-order valence-electron chi connectivity index (χ0n) is 38.0. The first-order chi connectivity index (χ1) is 29.4. The number of carbonyl (C=O) groups excluding carboxylic acids is 5. The lowest BCUT2D eigenvalue weighted by Crippen LogP contribution is -2.65. The molecular formula is C47H71BN6O8. The fourth-order valence-corrected chi connectivity index (χ4v) is 9.77. The number of aryl methyl sites for hydroxylation is 1. The number of aliphatic hydroxyl groups is 1. The van der Waals surface area contributed by atoms with Gasteiger partial charge < -0.3 is 36.5 Å². The van der Waals surface area contributed by atoms with Crippen molar-refractivity contribution in [1.82, 2.24) is 20.6 Å². The molecule has 6 rings (SSSR count). The molecule has 1 aromatic carbocycles. The summed E-state index contributed by atoms with van der Waals surface area (Å²) in [4.78, 5) is 76.7. The number of nitrogens with two attached hydrogens (primary N) is 2. The van der Waals surface area contributed by atoms with Crippen molar-refractivity contribution in [3.8, 4) is 11.4 Å². The third-order valence-corrected chi connectivity index (χ3v) is 14.0. The van der Waals surface area contributed by atoms with Gasteiger partial charge in [-0.2, -0.15) is 0 Å². The Labute approximate surface area is 368 Å². The van der Waals surface area contributed by atoms with Gasteiger partial charge in [-0.05, 0) is 107 Å². The molecule has 2 amide bonds. The smallest absolute Gasteiger partial charge is 0.405 e. The van der Waals surface area contributed by atoms with E-state index in [4.69, 9.17) is 20.8 Å². The van der Waals surface area contributed by atoms with E-state index in [0.29, 0.717) is 43.5 Å². The molecule has 15 heteroatoms. The molecule has 1 aromatic heterocycles. The van der Waals surface area contributed by atoms with Crippen LogP contribution in [0.2, 0.25) is 5.82 Å². The third kappa shape index (κ3) is 11.6. The van der Waals surface area contributed by atoms with E-state index in [2.05, 4.69) is 48.3 Å². The average molecular weight is 859 g/mol. The van der Waals surface area contributed by atoms with Crippen LogP contribution >= 0.6 is 0 Å². The highest BCUT2D eigenvalue weighted by Gasteiger charge is 2.68. The number of benzene rings is 1. The van der Waals surface area contributed by atoms with Crippen LogP contribution in [-0.4, -0.2) is 94.3 Å². The van der Waals surface area contributed by atoms with Crippen molar-refractivity contribution in [2.75, 3.05) is 13.1 Å². The molecule has 62 heavy (non-hydrogen) atoms. The Kier molecular flexibility index (Phi) is 17.2. The number of unbranched alkanes of at least 4 members (excludes halogenated alkanes) is 2. The monoisotopic (exact) mass is 859 g/mol. The minimum absolute atomic E-state index is 0.00724. The highest BCUT2D eigenvalue weighted by Crippen LogP contribution is 2.66. The molecule has 0 unspecified atom stereocenters. The van der Waals surface area contributed by atoms with Crippen molar-refractivity contribution in [3.05, 3.63) is 47.8 Å². The van der Waals surface area contributed by atoms with E-state index >= 15 is 0 Å². The number of hydrogen-bond donors (Lipinski definition) is 5. The van der Waals surface area contributed by atoms with Crippen molar-refractivity contribution in [1.29, 1.82) is 0 Å². The average Bonchev–Trinajstić information content (AvgIpc) is 3.61. The van der Waals surface area contributed by atoms with Gasteiger partial charge in [-0.25, -0.2) is 9.97 Å². The Hall–Kier alpha value is -3.89. The molecule has 2 bridgehead atoms. The number of nitrogens with zero attached hydrogens (tertiary/aromatic N) is 2. The van der Waals surface area contributed by atoms with E-state index < -0.39 is 60.3 Å². The summed E-state index contributed by atoms with van der Waals surface area (Å²) in [5.41, 5.74) is 13.7. The Balaban J connectivity index is 1.15. The minimum atomic E-state index is -1.35. The van der Waals surface area contributed by atoms with E-state index in [0.717, 1.165) is 37.7 Å². The van der Waals surface area contributed by atoms with Crippen LogP contribution in [0.15, 0.2) is 36.7 Å². The first kappa shape index (κ1) is 49.1. The van der Waals surface area contributed by atoms with E-state index in [1.54, 1.807) is 6.92 Å². The molecule has 4 aliphatic rings. The second-order valence-electron chi connectivity index (χ2n) is 19.1. The number of carbonyl (C=O) groups is 5. The summed E-state index contributed by atoms with van der Waals surface area (Å²) in [5.74, 6) is -2.76. The summed E-state index contributed by atoms with van der Waals surface area (Å²) in [6, 6.07) is 5.85. The molecule has 4 fully saturated rings. The molecule has 7 N–H and O–H groups in total. The van der Waals surface area contributed by atoms with Crippen molar-refractivity contribution < 1.29 is 38.4 Å². The summed E-state index contributed by atoms with van der Waals surface area (Å²) in [6.07, 6.45) is 8.31. The number of ketones is 3. The maximum atomic E-state index is 13.8. The number of nitrogens with one attached hydrogen (secondary N) is 2. The predicted molar refractivity (Wildman–Crippen MR) is 239 cm³/mol. The maximum absolute atomic E-state index is 13.8. The van der Waals surface area contributed by atoms with Crippen LogP contribution in [0.5, 0.6) is 0 Å². The standard InChI is InChI=1S/C47H71BN6O8/c1-8-9-12-31-14-16-32(17-15-31)43-51-26-34(27-52-43)37(56)23-33(18-20-50)45(60)54-42(30(4)55)39(58)21-28(2)44(59)53-36(13-10-11-19-49)38(57)22-29(3)48-61-41-25-35-24-40(46(35,5)6)47(41,7)62-48/h14-17,26-30,33,35-36,40-42,55H,8-13,18-25,49-50H2,1-7H3,(H,53,59)(H,54,60)/t28-,29-,30-,33-,35+,36+,40+,41-,42+,47+/m1/s1. The molecule has 14 nitrogen and oxygen atoms in total. The molecular weight excluding hydrogens is 787 g/mol. The number of rotatable bonds is 25. The highest BCUT2D eigenvalue weighted by molar-refractivity contribution is 6.47. The second kappa shape index (κ2) is 21.7. The number of aliphatic hydroxyl groups excluding tert-OH is 1. The maximum Gasteiger partial charge on any atom is 0.461 e. The van der Waals surface area contributed by atoms with Gasteiger partial charge in [0.05, 0.1) is 29.4 Å². The van der Waals surface area contributed by atoms with Gasteiger partial charge in [0, 0.05) is 49.1 Å². The number of Topliss-reactive ketones (excluding diaryl/α,β-unsaturated/α-hetero) is 3. The Morgan fingerprint density at radius 3 is 2.18 bits per heavy atom. The van der Waals surface area contributed by atoms with Crippen LogP contribution in [0, 0.1) is 29.1 Å². The Morgan fingerprint density at radius 1 is 0.871 bits per heavy atom. The molecule has 1 saturated heterocycles. The molecule has 340 valence electrons. The normalized spacial score (nSPS) is 24.1. The first-order valence-corrected chi connectivity index (χ1v) is 22.9. The molecule has 1 aliphatic heterocycles. The van der Waals surface area contributed by atoms with Gasteiger partial charge in [0.15, 0.2) is 23.2 Å². The summed E-state index contributed by atoms with van der Waals surface area (Å²) in [5, 5.41) is 16.2. The van der Waals surface area contributed by atoms with Gasteiger partial charge in [-0.1, -0.05) is 65.3 Å². The van der Waals surface area contributed by atoms with E-state index in [9.17, 15) is 29.1 Å². The van der Waals surface area contributed by atoms with E-state index in [-0.39, 0.29) is 66.7 Å². The largest absolute Gasteiger partial charge is 0.461 e. The number of amides is 2. The fourth-order valence-electron chi connectivity index (χ4n) is 9.77. The third-order valence-electron chi connectivity index (χ3n) is 14.0. The van der Waals surface area contributed by atoms with Gasteiger partial charge >= 0.3 is 7.12 Å². The van der Waals surface area contributed by atoms with Crippen molar-refractivity contribution in [2.24, 2.45) is 40.6 Å². The molecule has 3 saturated carbocycles. The van der Waals surface area contributed by atoms with Crippen molar-refractivity contribution in [2.45, 2.75) is 161 Å². The molecule has 10 atom stereocenters. The van der Waals surface area contributed by atoms with Crippen LogP contribution in [0.25, 0.3) is 11.4 Å². The summed E-state index contributed by atoms with van der Waals surface area (Å²) >= 11 is 0. The SMILES string of the molecule is CCCCc1ccc(-c2ncc(C(=O)C[C@@H](CCN)C(=O)N[C@H](C(=O)C[C@@H](C)C(=O)N[C@@H](CCCCN)C(=O)C[C@@H](C)B3O[C@@H]4C[C@@H]5C[C@@H](C5(C)C)[C@]4(C)O3)[C@@H](C)O)cn2)cc1. The molecule has 2 heterocycles. The lowest BCUT2D eigenvalue weighted by molar-refractivity contribution is -0.199. The predicted octanol–water partition coefficient (Wildman–Crippen LogP) is 5.18. The van der Waals surface area contributed by atoms with Crippen molar-refractivity contribution >= 4 is 36.3 Å². The van der Waals surface area contributed by atoms with E-state index in [1.165, 1.54) is 24.9 Å². The summed E-state index contributed by atoms with van der Waals surface area (Å²) in [6.45, 7) is 14.3. The van der Waals surface area contributed by atoms with Crippen LogP contribution in [0.1, 0.15) is 135 Å². The lowest BCUT2D eigenvalue weighted by Gasteiger charge is -2.64. The molecule has 0 radical (unpaired) electrons. The topological polar surface area (TPSA) is 226 Å². The van der Waals surface area contributed by atoms with Crippen LogP contribution in [0.3, 0.4) is 0 Å². The van der Waals surface area contributed by atoms with Gasteiger partial charge in [0.25, 0.3) is 0 Å². The van der Waals surface area contributed by atoms with Gasteiger partial charge in [0.2, 0.25) is 11.8 Å². The summed E-state index contributed by atoms with van der Waals surface area (Å²) in [7, 11) is -0.527. The fraction of sp³-hybridized carbons (Fsp3) is 0.681. The van der Waals surface area contributed by atoms with E-state index in [1.807, 2.05) is 31.2 Å². The van der Waals surface area contributed by atoms with Gasteiger partial charge in [0.1, 0.15) is 6.04 Å². The number of aromatic nitrogens is 2. The van der Waals surface area contributed by atoms with Gasteiger partial charge in [-0.3, -0.25) is 24.0 Å². The Morgan fingerprint density at radius 2 is 1.56 bits per heavy atom. The van der Waals surface area contributed by atoms with Crippen LogP contribution in [-0.2, 0) is 34.9 Å². The lowest BCUT2D eigenvalue weighted by atomic mass is 9.43. The highest BCUT2D eigenvalue weighted by atomic mass is 16.7. The van der Waals surface area contributed by atoms with Crippen LogP contribution < -0.4 is 22.1 Å². The number of hydrogen-bond acceptors (Lipinski definition) is 12. The minimum Gasteiger partial charge on any atom is -0.405 e. The molecule has 2 aromatic rings. The van der Waals surface area contributed by atoms with Gasteiger partial charge in [-0.15, -0.1) is 0 Å². The zero-order chi connectivity index (χ0) is 45.4. The quantitative estimate of drug-likeness (QED) is 0.0495. The van der Waals surface area contributed by atoms with Crippen molar-refractivity contribution in [3.63, 3.8) is 0 Å². The first-order valence-electron chi connectivity index (χ1n) is 22.9.